The van der Waals surface area contributed by atoms with E-state index in [4.69, 9.17) is 15.2 Å². The van der Waals surface area contributed by atoms with E-state index in [2.05, 4.69) is 5.32 Å². The maximum absolute atomic E-state index is 11.4. The highest BCUT2D eigenvalue weighted by Gasteiger charge is 2.36. The molecule has 0 spiro atoms. The summed E-state index contributed by atoms with van der Waals surface area (Å²) in [5.74, 6) is -0.0994. The zero-order chi connectivity index (χ0) is 9.26. The van der Waals surface area contributed by atoms with E-state index in [0.717, 1.165) is 6.42 Å². The number of nitrogens with one attached hydrogen (secondary N) is 1. The average Bonchev–Trinajstić information content (AvgIpc) is 2.83. The van der Waals surface area contributed by atoms with Crippen LogP contribution >= 0.6 is 0 Å². The van der Waals surface area contributed by atoms with Crippen molar-refractivity contribution in [1.82, 2.24) is 5.32 Å². The van der Waals surface area contributed by atoms with Gasteiger partial charge >= 0.3 is 0 Å². The highest BCUT2D eigenvalue weighted by Crippen LogP contribution is 2.18. The molecule has 1 saturated heterocycles. The molecule has 0 radical (unpaired) electrons. The Morgan fingerprint density at radius 2 is 2.23 bits per heavy atom. The van der Waals surface area contributed by atoms with Gasteiger partial charge in [0, 0.05) is 12.1 Å². The highest BCUT2D eigenvalue weighted by atomic mass is 16.6. The molecule has 3 atom stereocenters. The fourth-order valence-corrected chi connectivity index (χ4v) is 1.30. The predicted molar refractivity (Wildman–Crippen MR) is 45.1 cm³/mol. The molecule has 2 fully saturated rings. The minimum Gasteiger partial charge on any atom is -0.376 e. The van der Waals surface area contributed by atoms with Gasteiger partial charge in [0.15, 0.2) is 6.10 Å². The van der Waals surface area contributed by atoms with Crippen LogP contribution in [0.4, 0.5) is 0 Å². The van der Waals surface area contributed by atoms with Crippen molar-refractivity contribution in [3.8, 4) is 0 Å². The maximum Gasteiger partial charge on any atom is 0.251 e. The molecule has 1 aliphatic heterocycles. The number of hydrogen-bond acceptors (Lipinski definition) is 4. The molecule has 5 heteroatoms. The molecule has 1 saturated carbocycles. The summed E-state index contributed by atoms with van der Waals surface area (Å²) in [7, 11) is 0. The van der Waals surface area contributed by atoms with Crippen molar-refractivity contribution in [3.63, 3.8) is 0 Å². The van der Waals surface area contributed by atoms with Crippen LogP contribution in [0.5, 0.6) is 0 Å². The molecule has 13 heavy (non-hydrogen) atoms. The average molecular weight is 186 g/mol. The second kappa shape index (κ2) is 3.61. The van der Waals surface area contributed by atoms with Gasteiger partial charge in [0.1, 0.15) is 0 Å². The first-order chi connectivity index (χ1) is 6.27. The zero-order valence-corrected chi connectivity index (χ0v) is 7.36. The van der Waals surface area contributed by atoms with E-state index in [1.165, 1.54) is 0 Å². The van der Waals surface area contributed by atoms with Gasteiger partial charge in [-0.25, -0.2) is 0 Å². The first kappa shape index (κ1) is 8.93. The lowest BCUT2D eigenvalue weighted by molar-refractivity contribution is -0.147. The van der Waals surface area contributed by atoms with Crippen LogP contribution in [0.1, 0.15) is 6.42 Å². The lowest BCUT2D eigenvalue weighted by Gasteiger charge is -2.21. The van der Waals surface area contributed by atoms with Crippen LogP contribution in [0, 0.1) is 0 Å². The third kappa shape index (κ3) is 2.18. The fraction of sp³-hybridized carbons (Fsp3) is 0.875. The molecular formula is C8H14N2O3. The molecule has 0 aromatic carbocycles. The van der Waals surface area contributed by atoms with Crippen LogP contribution in [0.2, 0.25) is 0 Å². The van der Waals surface area contributed by atoms with Gasteiger partial charge in [-0.2, -0.15) is 0 Å². The molecule has 3 N–H and O–H groups in total. The number of hydrogen-bond donors (Lipinski definition) is 2. The van der Waals surface area contributed by atoms with E-state index < -0.39 is 6.10 Å². The molecule has 0 aromatic rings. The van der Waals surface area contributed by atoms with Crippen LogP contribution in [0.25, 0.3) is 0 Å². The number of nitrogens with two attached hydrogens (primary N) is 1. The number of carbonyl (C=O) groups is 1. The van der Waals surface area contributed by atoms with Gasteiger partial charge in [0.2, 0.25) is 0 Å². The number of rotatable bonds is 2. The van der Waals surface area contributed by atoms with Crippen molar-refractivity contribution in [2.75, 3.05) is 19.8 Å². The topological polar surface area (TPSA) is 73.6 Å². The Hall–Kier alpha value is -0.650. The number of amides is 1. The van der Waals surface area contributed by atoms with Gasteiger partial charge in [-0.3, -0.25) is 4.79 Å². The van der Waals surface area contributed by atoms with E-state index in [1.807, 2.05) is 0 Å². The Balaban J connectivity index is 1.75. The number of carbonyl (C=O) groups excluding carboxylic acids is 1. The van der Waals surface area contributed by atoms with Crippen molar-refractivity contribution < 1.29 is 14.3 Å². The lowest BCUT2D eigenvalue weighted by atomic mass is 10.3. The molecular weight excluding hydrogens is 172 g/mol. The second-order valence-corrected chi connectivity index (χ2v) is 3.45. The molecule has 74 valence electrons. The summed E-state index contributed by atoms with van der Waals surface area (Å²) in [5.41, 5.74) is 5.56. The van der Waals surface area contributed by atoms with Crippen LogP contribution in [-0.4, -0.2) is 43.9 Å². The van der Waals surface area contributed by atoms with Gasteiger partial charge in [0.05, 0.1) is 19.8 Å². The first-order valence-electron chi connectivity index (χ1n) is 4.52. The predicted octanol–water partition coefficient (Wildman–Crippen LogP) is -1.38. The normalized spacial score (nSPS) is 38.4. The summed E-state index contributed by atoms with van der Waals surface area (Å²) >= 11 is 0. The van der Waals surface area contributed by atoms with Gasteiger partial charge < -0.3 is 20.5 Å². The van der Waals surface area contributed by atoms with Gasteiger partial charge in [-0.05, 0) is 6.42 Å². The van der Waals surface area contributed by atoms with Gasteiger partial charge in [-0.15, -0.1) is 0 Å². The third-order valence-corrected chi connectivity index (χ3v) is 2.28. The van der Waals surface area contributed by atoms with Crippen molar-refractivity contribution in [1.29, 1.82) is 0 Å². The largest absolute Gasteiger partial charge is 0.376 e. The minimum absolute atomic E-state index is 0.0994. The quantitative estimate of drug-likeness (QED) is 0.557. The van der Waals surface area contributed by atoms with E-state index in [-0.39, 0.29) is 18.0 Å². The monoisotopic (exact) mass is 186 g/mol. The van der Waals surface area contributed by atoms with E-state index in [0.29, 0.717) is 19.8 Å². The van der Waals surface area contributed by atoms with Crippen LogP contribution < -0.4 is 11.1 Å². The Kier molecular flexibility index (Phi) is 2.48. The van der Waals surface area contributed by atoms with Crippen molar-refractivity contribution in [3.05, 3.63) is 0 Å². The molecule has 1 heterocycles. The summed E-state index contributed by atoms with van der Waals surface area (Å²) in [6.45, 7) is 1.43. The van der Waals surface area contributed by atoms with Crippen molar-refractivity contribution in [2.24, 2.45) is 5.73 Å². The third-order valence-electron chi connectivity index (χ3n) is 2.28. The molecule has 3 unspecified atom stereocenters. The standard InChI is InChI=1S/C8H14N2O3/c9-5-3-6(5)10-8(11)7-4-12-1-2-13-7/h5-7H,1-4,9H2,(H,10,11). The first-order valence-corrected chi connectivity index (χ1v) is 4.52. The molecule has 2 aliphatic rings. The summed E-state index contributed by atoms with van der Waals surface area (Å²) in [6.07, 6.45) is 0.431. The van der Waals surface area contributed by atoms with E-state index >= 15 is 0 Å². The Labute approximate surface area is 76.6 Å². The summed E-state index contributed by atoms with van der Waals surface area (Å²) in [4.78, 5) is 11.4. The molecule has 1 aliphatic carbocycles. The van der Waals surface area contributed by atoms with Gasteiger partial charge in [0.25, 0.3) is 5.91 Å². The molecule has 0 bridgehead atoms. The smallest absolute Gasteiger partial charge is 0.251 e. The summed E-state index contributed by atoms with van der Waals surface area (Å²) < 4.78 is 10.3. The molecule has 1 amide bonds. The second-order valence-electron chi connectivity index (χ2n) is 3.45. The fourth-order valence-electron chi connectivity index (χ4n) is 1.30. The maximum atomic E-state index is 11.4. The highest BCUT2D eigenvalue weighted by molar-refractivity contribution is 5.81. The Morgan fingerprint density at radius 3 is 2.77 bits per heavy atom. The van der Waals surface area contributed by atoms with E-state index in [1.54, 1.807) is 0 Å². The molecule has 0 aromatic heterocycles. The Bertz CT molecular complexity index is 204. The van der Waals surface area contributed by atoms with Crippen LogP contribution in [-0.2, 0) is 14.3 Å². The molecule has 5 nitrogen and oxygen atoms in total. The SMILES string of the molecule is NC1CC1NC(=O)C1COCCO1. The number of ether oxygens (including phenoxy) is 2. The zero-order valence-electron chi connectivity index (χ0n) is 7.36. The Morgan fingerprint density at radius 1 is 1.46 bits per heavy atom. The van der Waals surface area contributed by atoms with Crippen LogP contribution in [0.3, 0.4) is 0 Å². The van der Waals surface area contributed by atoms with E-state index in [9.17, 15) is 4.79 Å². The lowest BCUT2D eigenvalue weighted by Crippen LogP contribution is -2.44. The molecule has 2 rings (SSSR count). The van der Waals surface area contributed by atoms with Crippen molar-refractivity contribution in [2.45, 2.75) is 24.6 Å². The summed E-state index contributed by atoms with van der Waals surface area (Å²) in [6, 6.07) is 0.284. The van der Waals surface area contributed by atoms with Crippen molar-refractivity contribution >= 4 is 5.91 Å². The summed E-state index contributed by atoms with van der Waals surface area (Å²) in [5, 5.41) is 2.80. The van der Waals surface area contributed by atoms with Gasteiger partial charge in [-0.1, -0.05) is 0 Å². The van der Waals surface area contributed by atoms with Crippen LogP contribution in [0.15, 0.2) is 0 Å². The minimum atomic E-state index is -0.443.